The van der Waals surface area contributed by atoms with Crippen LogP contribution in [0.5, 0.6) is 5.75 Å². The Hall–Kier alpha value is -1.54. The summed E-state index contributed by atoms with van der Waals surface area (Å²) in [5, 5.41) is 0.616. The third-order valence-electron chi connectivity index (χ3n) is 4.81. The Bertz CT molecular complexity index is 841. The van der Waals surface area contributed by atoms with Gasteiger partial charge in [-0.15, -0.1) is 0 Å². The van der Waals surface area contributed by atoms with Crippen LogP contribution in [0.2, 0.25) is 0 Å². The number of rotatable bonds is 4. The van der Waals surface area contributed by atoms with Crippen LogP contribution < -0.4 is 4.74 Å². The summed E-state index contributed by atoms with van der Waals surface area (Å²) in [7, 11) is -1.40. The molecule has 0 spiro atoms. The third kappa shape index (κ3) is 4.66. The Labute approximate surface area is 165 Å². The van der Waals surface area contributed by atoms with Crippen molar-refractivity contribution in [3.63, 3.8) is 0 Å². The molecule has 0 N–H and O–H groups in total. The van der Waals surface area contributed by atoms with Crippen molar-refractivity contribution in [2.24, 2.45) is 10.4 Å². The van der Waals surface area contributed by atoms with E-state index in [1.165, 1.54) is 11.8 Å². The lowest BCUT2D eigenvalue weighted by Gasteiger charge is -2.25. The molecule has 0 aliphatic carbocycles. The average molecular weight is 411 g/mol. The Morgan fingerprint density at radius 1 is 1.26 bits per heavy atom. The zero-order valence-corrected chi connectivity index (χ0v) is 17.8. The summed E-state index contributed by atoms with van der Waals surface area (Å²) in [6, 6.07) is 7.72. The van der Waals surface area contributed by atoms with Crippen LogP contribution in [0, 0.1) is 5.41 Å². The Morgan fingerprint density at radius 3 is 2.52 bits per heavy atom. The molecule has 0 radical (unpaired) electrons. The van der Waals surface area contributed by atoms with Gasteiger partial charge in [0.2, 0.25) is 0 Å². The quantitative estimate of drug-likeness (QED) is 0.759. The lowest BCUT2D eigenvalue weighted by Crippen LogP contribution is -2.39. The van der Waals surface area contributed by atoms with Crippen molar-refractivity contribution in [2.45, 2.75) is 38.5 Å². The normalized spacial score (nSPS) is 25.6. The Kier molecular flexibility index (Phi) is 5.59. The number of ether oxygens (including phenoxy) is 1. The van der Waals surface area contributed by atoms with E-state index < -0.39 is 15.3 Å². The summed E-state index contributed by atoms with van der Waals surface area (Å²) in [5.41, 5.74) is 0.575. The van der Waals surface area contributed by atoms with Gasteiger partial charge < -0.3 is 9.64 Å². The van der Waals surface area contributed by atoms with E-state index in [0.29, 0.717) is 11.7 Å². The van der Waals surface area contributed by atoms with Crippen molar-refractivity contribution in [3.8, 4) is 5.75 Å². The summed E-state index contributed by atoms with van der Waals surface area (Å²) in [6.45, 7) is 6.15. The number of nitrogens with zero attached hydrogens (tertiary/aromatic N) is 2. The fourth-order valence-electron chi connectivity index (χ4n) is 3.19. The summed E-state index contributed by atoms with van der Waals surface area (Å²) in [4.78, 5) is 18.8. The van der Waals surface area contributed by atoms with E-state index in [4.69, 9.17) is 4.74 Å². The van der Waals surface area contributed by atoms with Gasteiger partial charge in [0.1, 0.15) is 5.75 Å². The molecular formula is C19H26N2O4S2. The molecule has 2 atom stereocenters. The van der Waals surface area contributed by atoms with E-state index in [0.717, 1.165) is 17.7 Å². The van der Waals surface area contributed by atoms with E-state index in [2.05, 4.69) is 4.99 Å². The number of amides is 1. The van der Waals surface area contributed by atoms with E-state index in [9.17, 15) is 13.2 Å². The fourth-order valence-corrected chi connectivity index (χ4v) is 7.17. The van der Waals surface area contributed by atoms with Crippen LogP contribution in [0.15, 0.2) is 29.3 Å². The number of aliphatic imine (C=N–C) groups is 1. The van der Waals surface area contributed by atoms with Crippen molar-refractivity contribution in [1.82, 2.24) is 4.90 Å². The molecule has 0 saturated carbocycles. The fraction of sp³-hybridized carbons (Fsp3) is 0.579. The number of methoxy groups -OCH3 is 1. The molecule has 0 bridgehead atoms. The maximum Gasteiger partial charge on any atom is 0.253 e. The minimum absolute atomic E-state index is 0.0441. The third-order valence-corrected chi connectivity index (χ3v) is 8.06. The first-order valence-corrected chi connectivity index (χ1v) is 11.7. The molecule has 3 rings (SSSR count). The topological polar surface area (TPSA) is 76.0 Å². The number of carbonyl (C=O) groups is 1. The average Bonchev–Trinajstić information content (AvgIpc) is 3.04. The van der Waals surface area contributed by atoms with Gasteiger partial charge in [0.05, 0.1) is 24.7 Å². The van der Waals surface area contributed by atoms with Crippen LogP contribution in [0.4, 0.5) is 0 Å². The van der Waals surface area contributed by atoms with E-state index in [-0.39, 0.29) is 28.7 Å². The molecule has 2 heterocycles. The second kappa shape index (κ2) is 7.47. The van der Waals surface area contributed by atoms with Crippen LogP contribution >= 0.6 is 11.8 Å². The van der Waals surface area contributed by atoms with Crippen molar-refractivity contribution >= 4 is 32.7 Å². The van der Waals surface area contributed by atoms with Gasteiger partial charge in [-0.25, -0.2) is 8.42 Å². The van der Waals surface area contributed by atoms with Crippen LogP contribution in [0.1, 0.15) is 26.3 Å². The number of amidine groups is 1. The highest BCUT2D eigenvalue weighted by Gasteiger charge is 2.48. The molecular weight excluding hydrogens is 384 g/mol. The van der Waals surface area contributed by atoms with Crippen molar-refractivity contribution in [3.05, 3.63) is 29.8 Å². The predicted octanol–water partition coefficient (Wildman–Crippen LogP) is 2.38. The number of thioether (sulfide) groups is 1. The molecule has 1 aromatic rings. The highest BCUT2D eigenvalue weighted by atomic mass is 32.2. The first kappa shape index (κ1) is 20.2. The smallest absolute Gasteiger partial charge is 0.253 e. The number of hydrogen-bond donors (Lipinski definition) is 0. The number of hydrogen-bond acceptors (Lipinski definition) is 5. The summed E-state index contributed by atoms with van der Waals surface area (Å²) in [5.74, 6) is 0.915. The maximum absolute atomic E-state index is 12.4. The lowest BCUT2D eigenvalue weighted by molar-refractivity contribution is -0.124. The minimum atomic E-state index is -3.03. The standard InChI is InChI=1S/C19H26N2O4S2/c1-19(2,3)17(22)20-18-21(15-11-27(23,24)12-16(15)26-18)10-9-13-5-7-14(25-4)8-6-13/h5-8,15-16H,9-12H2,1-4H3/t15-,16+/m1/s1. The number of fused-ring (bicyclic) bond motifs is 1. The largest absolute Gasteiger partial charge is 0.497 e. The highest BCUT2D eigenvalue weighted by molar-refractivity contribution is 8.15. The first-order chi connectivity index (χ1) is 12.6. The monoisotopic (exact) mass is 410 g/mol. The molecule has 8 heteroatoms. The van der Waals surface area contributed by atoms with Gasteiger partial charge in [0.15, 0.2) is 15.0 Å². The van der Waals surface area contributed by atoms with E-state index in [1.807, 2.05) is 49.9 Å². The van der Waals surface area contributed by atoms with E-state index in [1.54, 1.807) is 7.11 Å². The molecule has 6 nitrogen and oxygen atoms in total. The summed E-state index contributed by atoms with van der Waals surface area (Å²) >= 11 is 1.43. The second-order valence-corrected chi connectivity index (χ2v) is 11.4. The van der Waals surface area contributed by atoms with E-state index >= 15 is 0 Å². The van der Waals surface area contributed by atoms with Crippen LogP contribution in [0.3, 0.4) is 0 Å². The summed E-state index contributed by atoms with van der Waals surface area (Å²) < 4.78 is 29.3. The molecule has 1 aromatic carbocycles. The van der Waals surface area contributed by atoms with Crippen molar-refractivity contribution in [2.75, 3.05) is 25.2 Å². The van der Waals surface area contributed by atoms with Gasteiger partial charge in [-0.05, 0) is 24.1 Å². The van der Waals surface area contributed by atoms with Gasteiger partial charge in [-0.1, -0.05) is 44.7 Å². The Morgan fingerprint density at radius 2 is 1.93 bits per heavy atom. The van der Waals surface area contributed by atoms with Gasteiger partial charge >= 0.3 is 0 Å². The molecule has 0 aromatic heterocycles. The highest BCUT2D eigenvalue weighted by Crippen LogP contribution is 2.38. The molecule has 2 fully saturated rings. The van der Waals surface area contributed by atoms with Crippen LogP contribution in [-0.2, 0) is 21.1 Å². The number of sulfone groups is 1. The van der Waals surface area contributed by atoms with Crippen molar-refractivity contribution in [1.29, 1.82) is 0 Å². The lowest BCUT2D eigenvalue weighted by atomic mass is 9.96. The first-order valence-electron chi connectivity index (χ1n) is 8.99. The zero-order valence-electron chi connectivity index (χ0n) is 16.1. The van der Waals surface area contributed by atoms with Gasteiger partial charge in [-0.3, -0.25) is 4.79 Å². The van der Waals surface area contributed by atoms with Crippen molar-refractivity contribution < 1.29 is 17.9 Å². The molecule has 148 valence electrons. The van der Waals surface area contributed by atoms with Crippen LogP contribution in [0.25, 0.3) is 0 Å². The van der Waals surface area contributed by atoms with Gasteiger partial charge in [0.25, 0.3) is 5.91 Å². The molecule has 2 aliphatic heterocycles. The van der Waals surface area contributed by atoms with Crippen LogP contribution in [-0.4, -0.2) is 60.8 Å². The number of benzene rings is 1. The second-order valence-electron chi connectivity index (χ2n) is 8.04. The van der Waals surface area contributed by atoms with Gasteiger partial charge in [0, 0.05) is 17.2 Å². The molecule has 2 aliphatic rings. The molecule has 2 saturated heterocycles. The zero-order chi connectivity index (χ0) is 19.8. The molecule has 0 unspecified atom stereocenters. The predicted molar refractivity (Wildman–Crippen MR) is 109 cm³/mol. The maximum atomic E-state index is 12.4. The summed E-state index contributed by atoms with van der Waals surface area (Å²) in [6.07, 6.45) is 0.747. The Balaban J connectivity index is 1.79. The minimum Gasteiger partial charge on any atom is -0.497 e. The molecule has 1 amide bonds. The van der Waals surface area contributed by atoms with Gasteiger partial charge in [-0.2, -0.15) is 4.99 Å². The number of carbonyl (C=O) groups excluding carboxylic acids is 1. The SMILES string of the molecule is COc1ccc(CCN2C(=NC(=O)C(C)(C)C)S[C@H]3CS(=O)(=O)C[C@H]32)cc1. The molecule has 27 heavy (non-hydrogen) atoms.